The van der Waals surface area contributed by atoms with E-state index in [-0.39, 0.29) is 21.1 Å². The van der Waals surface area contributed by atoms with Gasteiger partial charge in [-0.15, -0.1) is 0 Å². The van der Waals surface area contributed by atoms with Crippen LogP contribution in [-0.4, -0.2) is 12.6 Å². The molecule has 1 aromatic rings. The van der Waals surface area contributed by atoms with Gasteiger partial charge < -0.3 is 4.74 Å². The molecule has 0 atom stereocenters. The topological polar surface area (TPSA) is 26.3 Å². The molecule has 0 saturated carbocycles. The molecule has 0 amide bonds. The molecule has 0 unspecified atom stereocenters. The largest absolute Gasteiger partial charge is 0.462 e. The fourth-order valence-corrected chi connectivity index (χ4v) is 1.78. The molecule has 1 rings (SSSR count). The summed E-state index contributed by atoms with van der Waals surface area (Å²) in [5.41, 5.74) is -0.0531. The van der Waals surface area contributed by atoms with Gasteiger partial charge >= 0.3 is 5.97 Å². The van der Waals surface area contributed by atoms with Crippen molar-refractivity contribution in [2.75, 3.05) is 6.61 Å². The highest BCUT2D eigenvalue weighted by Gasteiger charge is 2.20. The van der Waals surface area contributed by atoms with Crippen LogP contribution in [0.2, 0.25) is 0 Å². The molecular weight excluding hydrogens is 338 g/mol. The van der Waals surface area contributed by atoms with Crippen LogP contribution >= 0.6 is 31.9 Å². The first-order valence-corrected chi connectivity index (χ1v) is 5.57. The molecule has 0 aromatic heterocycles. The average Bonchev–Trinajstić information content (AvgIpc) is 2.20. The van der Waals surface area contributed by atoms with Gasteiger partial charge in [-0.1, -0.05) is 0 Å². The third-order valence-corrected chi connectivity index (χ3v) is 3.70. The lowest BCUT2D eigenvalue weighted by Gasteiger charge is -2.07. The van der Waals surface area contributed by atoms with Crippen molar-refractivity contribution in [3.05, 3.63) is 32.2 Å². The first-order chi connectivity index (χ1) is 6.99. The van der Waals surface area contributed by atoms with Crippen LogP contribution in [0.25, 0.3) is 0 Å². The van der Waals surface area contributed by atoms with E-state index in [4.69, 9.17) is 0 Å². The fraction of sp³-hybridized carbons (Fsp3) is 0.222. The van der Waals surface area contributed by atoms with Gasteiger partial charge in [0, 0.05) is 4.47 Å². The van der Waals surface area contributed by atoms with Gasteiger partial charge in [-0.2, -0.15) is 0 Å². The summed E-state index contributed by atoms with van der Waals surface area (Å²) in [5, 5.41) is 0. The van der Waals surface area contributed by atoms with Crippen LogP contribution < -0.4 is 0 Å². The Balaban J connectivity index is 3.26. The average molecular weight is 344 g/mol. The number of benzene rings is 1. The molecular formula is C9H6Br2F2O2. The van der Waals surface area contributed by atoms with E-state index in [0.717, 1.165) is 6.07 Å². The minimum Gasteiger partial charge on any atom is -0.462 e. The molecule has 0 N–H and O–H groups in total. The van der Waals surface area contributed by atoms with Crippen molar-refractivity contribution in [3.63, 3.8) is 0 Å². The van der Waals surface area contributed by atoms with E-state index in [1.807, 2.05) is 0 Å². The third kappa shape index (κ3) is 2.55. The molecule has 2 nitrogen and oxygen atoms in total. The van der Waals surface area contributed by atoms with Crippen LogP contribution in [0, 0.1) is 11.6 Å². The molecule has 0 spiro atoms. The Hall–Kier alpha value is -0.490. The van der Waals surface area contributed by atoms with E-state index in [2.05, 4.69) is 36.6 Å². The minimum atomic E-state index is -1.10. The highest BCUT2D eigenvalue weighted by Crippen LogP contribution is 2.31. The number of halogens is 4. The maximum Gasteiger partial charge on any atom is 0.339 e. The lowest BCUT2D eigenvalue weighted by molar-refractivity contribution is 0.0524. The second-order valence-corrected chi connectivity index (χ2v) is 4.15. The summed E-state index contributed by atoms with van der Waals surface area (Å²) in [4.78, 5) is 11.3. The van der Waals surface area contributed by atoms with Crippen molar-refractivity contribution in [1.82, 2.24) is 0 Å². The second-order valence-electron chi connectivity index (χ2n) is 2.57. The van der Waals surface area contributed by atoms with Crippen molar-refractivity contribution in [2.24, 2.45) is 0 Å². The number of carbonyl (C=O) groups excluding carboxylic acids is 1. The molecule has 0 aliphatic carbocycles. The monoisotopic (exact) mass is 342 g/mol. The molecule has 0 heterocycles. The molecule has 0 aliphatic heterocycles. The predicted molar refractivity (Wildman–Crippen MR) is 57.7 cm³/mol. The molecule has 15 heavy (non-hydrogen) atoms. The van der Waals surface area contributed by atoms with Crippen LogP contribution in [0.3, 0.4) is 0 Å². The number of hydrogen-bond donors (Lipinski definition) is 0. The Morgan fingerprint density at radius 1 is 1.40 bits per heavy atom. The lowest BCUT2D eigenvalue weighted by atomic mass is 10.2. The molecule has 0 bridgehead atoms. The van der Waals surface area contributed by atoms with Gasteiger partial charge in [-0.25, -0.2) is 13.6 Å². The minimum absolute atomic E-state index is 0.0531. The van der Waals surface area contributed by atoms with E-state index in [9.17, 15) is 13.6 Å². The van der Waals surface area contributed by atoms with Gasteiger partial charge in [0.2, 0.25) is 0 Å². The van der Waals surface area contributed by atoms with Crippen molar-refractivity contribution >= 4 is 37.8 Å². The molecule has 6 heteroatoms. The first-order valence-electron chi connectivity index (χ1n) is 3.99. The number of carbonyl (C=O) groups is 1. The highest BCUT2D eigenvalue weighted by molar-refractivity contribution is 9.13. The molecule has 0 fully saturated rings. The number of hydrogen-bond acceptors (Lipinski definition) is 2. The predicted octanol–water partition coefficient (Wildman–Crippen LogP) is 3.67. The van der Waals surface area contributed by atoms with E-state index in [0.29, 0.717) is 0 Å². The molecule has 0 radical (unpaired) electrons. The zero-order valence-electron chi connectivity index (χ0n) is 7.61. The molecule has 0 saturated heterocycles. The Kier molecular flexibility index (Phi) is 4.21. The van der Waals surface area contributed by atoms with Crippen molar-refractivity contribution in [2.45, 2.75) is 6.92 Å². The third-order valence-electron chi connectivity index (χ3n) is 1.60. The van der Waals surface area contributed by atoms with Crippen LogP contribution in [0.4, 0.5) is 8.78 Å². The lowest BCUT2D eigenvalue weighted by Crippen LogP contribution is -2.07. The molecule has 1 aromatic carbocycles. The van der Waals surface area contributed by atoms with Gasteiger partial charge in [0.1, 0.15) is 0 Å². The highest BCUT2D eigenvalue weighted by atomic mass is 79.9. The summed E-state index contributed by atoms with van der Waals surface area (Å²) in [6.45, 7) is 1.79. The Morgan fingerprint density at radius 3 is 2.53 bits per heavy atom. The molecule has 82 valence electrons. The SMILES string of the molecule is CCOC(=O)c1cc(F)c(F)c(Br)c1Br. The van der Waals surface area contributed by atoms with E-state index < -0.39 is 17.6 Å². The van der Waals surface area contributed by atoms with Gasteiger partial charge in [0.25, 0.3) is 0 Å². The summed E-state index contributed by atoms with van der Waals surface area (Å²) in [5.74, 6) is -2.85. The normalized spacial score (nSPS) is 10.2. The zero-order chi connectivity index (χ0) is 11.6. The van der Waals surface area contributed by atoms with Crippen molar-refractivity contribution in [3.8, 4) is 0 Å². The Bertz CT molecular complexity index is 408. The molecule has 0 aliphatic rings. The standard InChI is InChI=1S/C9H6Br2F2O2/c1-2-15-9(14)4-3-5(12)8(13)7(11)6(4)10/h3H,2H2,1H3. The summed E-state index contributed by atoms with van der Waals surface area (Å²) in [6, 6.07) is 0.794. The second kappa shape index (κ2) is 5.03. The van der Waals surface area contributed by atoms with Crippen LogP contribution in [0.1, 0.15) is 17.3 Å². The van der Waals surface area contributed by atoms with Crippen LogP contribution in [-0.2, 0) is 4.74 Å². The summed E-state index contributed by atoms with van der Waals surface area (Å²) < 4.78 is 30.7. The van der Waals surface area contributed by atoms with Crippen molar-refractivity contribution in [1.29, 1.82) is 0 Å². The van der Waals surface area contributed by atoms with E-state index in [1.54, 1.807) is 6.92 Å². The summed E-state index contributed by atoms with van der Waals surface area (Å²) >= 11 is 5.81. The van der Waals surface area contributed by atoms with Gasteiger partial charge in [0.05, 0.1) is 16.6 Å². The number of ether oxygens (including phenoxy) is 1. The van der Waals surface area contributed by atoms with Crippen LogP contribution in [0.5, 0.6) is 0 Å². The number of rotatable bonds is 2. The maximum absolute atomic E-state index is 13.0. The number of esters is 1. The summed E-state index contributed by atoms with van der Waals surface area (Å²) in [7, 11) is 0. The fourth-order valence-electron chi connectivity index (χ4n) is 0.930. The van der Waals surface area contributed by atoms with Crippen molar-refractivity contribution < 1.29 is 18.3 Å². The van der Waals surface area contributed by atoms with E-state index >= 15 is 0 Å². The van der Waals surface area contributed by atoms with Gasteiger partial charge in [-0.3, -0.25) is 0 Å². The zero-order valence-corrected chi connectivity index (χ0v) is 10.8. The van der Waals surface area contributed by atoms with E-state index in [1.165, 1.54) is 0 Å². The summed E-state index contributed by atoms with van der Waals surface area (Å²) in [6.07, 6.45) is 0. The van der Waals surface area contributed by atoms with Gasteiger partial charge in [0.15, 0.2) is 11.6 Å². The Morgan fingerprint density at radius 2 is 2.00 bits per heavy atom. The quantitative estimate of drug-likeness (QED) is 0.465. The first kappa shape index (κ1) is 12.6. The smallest absolute Gasteiger partial charge is 0.339 e. The van der Waals surface area contributed by atoms with Crippen LogP contribution in [0.15, 0.2) is 15.0 Å². The van der Waals surface area contributed by atoms with Gasteiger partial charge in [-0.05, 0) is 44.8 Å². The Labute approximate surface area is 102 Å². The maximum atomic E-state index is 13.0.